The number of hydrogen-bond acceptors (Lipinski definition) is 1. The van der Waals surface area contributed by atoms with Gasteiger partial charge in [0.2, 0.25) is 0 Å². The summed E-state index contributed by atoms with van der Waals surface area (Å²) < 4.78 is 80.8. The molecule has 1 nitrogen and oxygen atoms in total. The Balaban J connectivity index is 1.78. The van der Waals surface area contributed by atoms with E-state index < -0.39 is 23.5 Å². The van der Waals surface area contributed by atoms with Gasteiger partial charge >= 0.3 is 12.4 Å². The van der Waals surface area contributed by atoms with E-state index in [0.29, 0.717) is 22.3 Å². The first-order valence-corrected chi connectivity index (χ1v) is 8.31. The average Bonchev–Trinajstić information content (AvgIpc) is 3.11. The van der Waals surface area contributed by atoms with Crippen molar-refractivity contribution in [3.8, 4) is 23.7 Å². The smallest absolute Gasteiger partial charge is 0.371 e. The molecule has 3 rings (SSSR count). The lowest BCUT2D eigenvalue weighted by atomic mass is 10.1. The molecular weight excluding hydrogens is 394 g/mol. The van der Waals surface area contributed by atoms with Gasteiger partial charge in [-0.15, -0.1) is 0 Å². The molecule has 148 valence electrons. The lowest BCUT2D eigenvalue weighted by molar-refractivity contribution is -0.138. The maximum absolute atomic E-state index is 12.6. The molecule has 0 atom stereocenters. The van der Waals surface area contributed by atoms with Crippen LogP contribution in [0.5, 0.6) is 0 Å². The molecule has 0 aromatic heterocycles. The van der Waals surface area contributed by atoms with Crippen molar-refractivity contribution in [1.29, 1.82) is 0 Å². The molecule has 0 fully saturated rings. The second-order valence-corrected chi connectivity index (χ2v) is 6.10. The van der Waals surface area contributed by atoms with E-state index in [1.165, 1.54) is 24.3 Å². The lowest BCUT2D eigenvalue weighted by Gasteiger charge is -2.05. The minimum Gasteiger partial charge on any atom is -0.371 e. The van der Waals surface area contributed by atoms with Gasteiger partial charge in [0, 0.05) is 22.3 Å². The summed E-state index contributed by atoms with van der Waals surface area (Å²) in [6.07, 6.45) is -8.82. The summed E-state index contributed by atoms with van der Waals surface area (Å²) in [6.45, 7) is 0.426. The summed E-state index contributed by atoms with van der Waals surface area (Å²) in [5.74, 6) is 11.2. The van der Waals surface area contributed by atoms with Crippen molar-refractivity contribution in [3.05, 3.63) is 81.9 Å². The van der Waals surface area contributed by atoms with Gasteiger partial charge in [-0.05, 0) is 48.5 Å². The zero-order valence-corrected chi connectivity index (χ0v) is 14.7. The monoisotopic (exact) mass is 406 g/mol. The fraction of sp³-hybridized carbons (Fsp3) is 0.182. The van der Waals surface area contributed by atoms with Gasteiger partial charge in [-0.1, -0.05) is 23.7 Å². The highest BCUT2D eigenvalue weighted by Crippen LogP contribution is 2.29. The summed E-state index contributed by atoms with van der Waals surface area (Å²) in [4.78, 5) is 0. The quantitative estimate of drug-likeness (QED) is 0.417. The third-order valence-corrected chi connectivity index (χ3v) is 4.00. The molecule has 0 saturated carbocycles. The van der Waals surface area contributed by atoms with Crippen LogP contribution in [0.2, 0.25) is 0 Å². The van der Waals surface area contributed by atoms with Crippen LogP contribution in [0.25, 0.3) is 0 Å². The Morgan fingerprint density at radius 2 is 0.897 bits per heavy atom. The number of halogens is 6. The predicted octanol–water partition coefficient (Wildman–Crippen LogP) is 5.45. The van der Waals surface area contributed by atoms with Gasteiger partial charge in [-0.25, -0.2) is 0 Å². The summed E-state index contributed by atoms with van der Waals surface area (Å²) in [6, 6.07) is 8.92. The van der Waals surface area contributed by atoms with E-state index in [4.69, 9.17) is 4.74 Å². The third kappa shape index (κ3) is 5.43. The molecule has 0 N–H and O–H groups in total. The second-order valence-electron chi connectivity index (χ2n) is 6.10. The van der Waals surface area contributed by atoms with Crippen LogP contribution in [0.4, 0.5) is 26.3 Å². The molecule has 0 radical (unpaired) electrons. The van der Waals surface area contributed by atoms with Crippen molar-refractivity contribution in [2.24, 2.45) is 0 Å². The number of ether oxygens (including phenoxy) is 1. The van der Waals surface area contributed by atoms with E-state index in [1.54, 1.807) is 0 Å². The summed E-state index contributed by atoms with van der Waals surface area (Å²) in [7, 11) is 0. The van der Waals surface area contributed by atoms with Crippen molar-refractivity contribution in [2.75, 3.05) is 13.2 Å². The first-order chi connectivity index (χ1) is 13.6. The van der Waals surface area contributed by atoms with Crippen molar-refractivity contribution < 1.29 is 31.1 Å². The van der Waals surface area contributed by atoms with Crippen molar-refractivity contribution in [2.45, 2.75) is 12.4 Å². The Morgan fingerprint density at radius 1 is 0.552 bits per heavy atom. The Hall–Kier alpha value is -3.16. The van der Waals surface area contributed by atoms with Crippen LogP contribution in [0, 0.1) is 23.7 Å². The van der Waals surface area contributed by atoms with Crippen LogP contribution in [0.3, 0.4) is 0 Å². The van der Waals surface area contributed by atoms with Crippen LogP contribution >= 0.6 is 0 Å². The van der Waals surface area contributed by atoms with Crippen molar-refractivity contribution in [1.82, 2.24) is 0 Å². The SMILES string of the molecule is FC(F)(F)c1ccc(C#CC2=C(C#Cc3ccc(C(F)(F)F)cc3)COC2)cc1. The van der Waals surface area contributed by atoms with E-state index in [0.717, 1.165) is 24.3 Å². The maximum Gasteiger partial charge on any atom is 0.416 e. The molecule has 29 heavy (non-hydrogen) atoms. The average molecular weight is 406 g/mol. The van der Waals surface area contributed by atoms with Gasteiger partial charge < -0.3 is 4.74 Å². The largest absolute Gasteiger partial charge is 0.416 e. The van der Waals surface area contributed by atoms with Crippen molar-refractivity contribution in [3.63, 3.8) is 0 Å². The van der Waals surface area contributed by atoms with E-state index in [1.807, 2.05) is 0 Å². The highest BCUT2D eigenvalue weighted by Gasteiger charge is 2.30. The summed E-state index contributed by atoms with van der Waals surface area (Å²) in [5, 5.41) is 0. The number of hydrogen-bond donors (Lipinski definition) is 0. The standard InChI is InChI=1S/C22H12F6O/c23-21(24,25)19-9-3-15(4-10-19)1-7-17-13-29-14-18(17)8-2-16-5-11-20(12-6-16)22(26,27)28/h3-6,9-12H,13-14H2. The highest BCUT2D eigenvalue weighted by molar-refractivity contribution is 5.52. The van der Waals surface area contributed by atoms with Crippen LogP contribution in [0.1, 0.15) is 22.3 Å². The van der Waals surface area contributed by atoms with Crippen LogP contribution in [-0.2, 0) is 17.1 Å². The number of rotatable bonds is 0. The predicted molar refractivity (Wildman–Crippen MR) is 94.5 cm³/mol. The molecule has 0 spiro atoms. The van der Waals surface area contributed by atoms with Gasteiger partial charge in [0.1, 0.15) is 0 Å². The molecule has 7 heteroatoms. The third-order valence-electron chi connectivity index (χ3n) is 4.00. The highest BCUT2D eigenvalue weighted by atomic mass is 19.4. The zero-order valence-electron chi connectivity index (χ0n) is 14.7. The Kier molecular flexibility index (Phi) is 5.72. The lowest BCUT2D eigenvalue weighted by Crippen LogP contribution is -2.04. The molecule has 2 aromatic rings. The molecule has 1 heterocycles. The topological polar surface area (TPSA) is 9.23 Å². The molecule has 1 aliphatic heterocycles. The fourth-order valence-corrected chi connectivity index (χ4v) is 2.43. The number of alkyl halides is 6. The normalized spacial score (nSPS) is 14.1. The zero-order chi connectivity index (χ0) is 21.1. The van der Waals surface area contributed by atoms with E-state index >= 15 is 0 Å². The van der Waals surface area contributed by atoms with Crippen LogP contribution < -0.4 is 0 Å². The van der Waals surface area contributed by atoms with Gasteiger partial charge in [0.15, 0.2) is 0 Å². The molecular formula is C22H12F6O. The molecule has 0 amide bonds. The van der Waals surface area contributed by atoms with Gasteiger partial charge in [-0.2, -0.15) is 26.3 Å². The van der Waals surface area contributed by atoms with Gasteiger partial charge in [-0.3, -0.25) is 0 Å². The fourth-order valence-electron chi connectivity index (χ4n) is 2.43. The molecule has 0 saturated heterocycles. The van der Waals surface area contributed by atoms with Gasteiger partial charge in [0.05, 0.1) is 24.3 Å². The molecule has 0 bridgehead atoms. The van der Waals surface area contributed by atoms with Crippen LogP contribution in [-0.4, -0.2) is 13.2 Å². The minimum absolute atomic E-state index is 0.213. The first-order valence-electron chi connectivity index (χ1n) is 8.31. The number of benzene rings is 2. The Bertz CT molecular complexity index is 948. The molecule has 0 unspecified atom stereocenters. The Labute approximate surface area is 163 Å². The van der Waals surface area contributed by atoms with E-state index in [-0.39, 0.29) is 13.2 Å². The first kappa shape index (κ1) is 20.6. The van der Waals surface area contributed by atoms with E-state index in [2.05, 4.69) is 23.7 Å². The molecule has 1 aliphatic rings. The maximum atomic E-state index is 12.6. The van der Waals surface area contributed by atoms with Gasteiger partial charge in [0.25, 0.3) is 0 Å². The minimum atomic E-state index is -4.41. The summed E-state index contributed by atoms with van der Waals surface area (Å²) in [5.41, 5.74) is 0.484. The Morgan fingerprint density at radius 3 is 1.21 bits per heavy atom. The van der Waals surface area contributed by atoms with E-state index in [9.17, 15) is 26.3 Å². The molecule has 0 aliphatic carbocycles. The molecule has 2 aromatic carbocycles. The van der Waals surface area contributed by atoms with Crippen LogP contribution in [0.15, 0.2) is 59.7 Å². The second kappa shape index (κ2) is 8.06. The van der Waals surface area contributed by atoms with Crippen molar-refractivity contribution >= 4 is 0 Å². The summed E-state index contributed by atoms with van der Waals surface area (Å²) >= 11 is 0.